The van der Waals surface area contributed by atoms with E-state index in [2.05, 4.69) is 157 Å². The third-order valence-electron chi connectivity index (χ3n) is 8.08. The number of benzene rings is 6. The van der Waals surface area contributed by atoms with E-state index in [1.807, 2.05) is 0 Å². The van der Waals surface area contributed by atoms with Crippen molar-refractivity contribution in [3.63, 3.8) is 0 Å². The predicted octanol–water partition coefficient (Wildman–Crippen LogP) is 10.6. The molecule has 0 unspecified atom stereocenters. The van der Waals surface area contributed by atoms with Crippen molar-refractivity contribution in [2.75, 3.05) is 4.90 Å². The second-order valence-electron chi connectivity index (χ2n) is 10.8. The van der Waals surface area contributed by atoms with Gasteiger partial charge in [0.05, 0.1) is 22.4 Å². The first-order valence-electron chi connectivity index (χ1n) is 14.0. The van der Waals surface area contributed by atoms with Crippen LogP contribution < -0.4 is 9.64 Å². The van der Waals surface area contributed by atoms with Crippen molar-refractivity contribution < 1.29 is 4.74 Å². The van der Waals surface area contributed by atoms with E-state index in [0.29, 0.717) is 0 Å². The zero-order valence-corrected chi connectivity index (χ0v) is 23.0. The van der Waals surface area contributed by atoms with Crippen molar-refractivity contribution in [1.29, 1.82) is 0 Å². The van der Waals surface area contributed by atoms with Crippen molar-refractivity contribution in [3.8, 4) is 28.3 Å². The van der Waals surface area contributed by atoms with Gasteiger partial charge in [0, 0.05) is 22.1 Å². The van der Waals surface area contributed by atoms with Crippen LogP contribution in [-0.2, 0) is 0 Å². The minimum Gasteiger partial charge on any atom is -0.453 e. The summed E-state index contributed by atoms with van der Waals surface area (Å²) in [6, 6.07) is 47.8. The molecule has 7 aromatic rings. The summed E-state index contributed by atoms with van der Waals surface area (Å²) in [5.41, 5.74) is 11.6. The Morgan fingerprint density at radius 2 is 1.07 bits per heavy atom. The van der Waals surface area contributed by atoms with Crippen LogP contribution in [0.5, 0.6) is 11.5 Å². The average molecular weight is 529 g/mol. The van der Waals surface area contributed by atoms with Crippen molar-refractivity contribution in [2.45, 2.75) is 13.8 Å². The van der Waals surface area contributed by atoms with Gasteiger partial charge in [-0.2, -0.15) is 0 Å². The first-order chi connectivity index (χ1) is 20.1. The number of nitrogens with zero attached hydrogens (tertiary/aromatic N) is 2. The number of hydrogen-bond donors (Lipinski definition) is 0. The van der Waals surface area contributed by atoms with Gasteiger partial charge >= 0.3 is 0 Å². The van der Waals surface area contributed by atoms with Crippen molar-refractivity contribution in [3.05, 3.63) is 145 Å². The van der Waals surface area contributed by atoms with Gasteiger partial charge in [0.2, 0.25) is 0 Å². The van der Waals surface area contributed by atoms with Gasteiger partial charge in [-0.1, -0.05) is 66.7 Å². The number of anilines is 3. The number of rotatable bonds is 3. The lowest BCUT2D eigenvalue weighted by Gasteiger charge is -2.33. The summed E-state index contributed by atoms with van der Waals surface area (Å²) in [7, 11) is 0. The van der Waals surface area contributed by atoms with E-state index in [1.165, 1.54) is 49.7 Å². The van der Waals surface area contributed by atoms with Gasteiger partial charge < -0.3 is 14.2 Å². The SMILES string of the molecule is Cc1ccc2c(c1)Oc1cc(C)ccc1N2c1ccc(-c2ccc3c(c2)c2ccccc2n3-c2ccccc2)cc1. The topological polar surface area (TPSA) is 17.4 Å². The predicted molar refractivity (Wildman–Crippen MR) is 170 cm³/mol. The second-order valence-corrected chi connectivity index (χ2v) is 10.8. The average Bonchev–Trinajstić information content (AvgIpc) is 3.34. The first-order valence-corrected chi connectivity index (χ1v) is 14.0. The van der Waals surface area contributed by atoms with Gasteiger partial charge in [-0.25, -0.2) is 0 Å². The fourth-order valence-electron chi connectivity index (χ4n) is 6.11. The van der Waals surface area contributed by atoms with Gasteiger partial charge in [-0.05, 0) is 103 Å². The molecular formula is C38H28N2O. The van der Waals surface area contributed by atoms with Crippen molar-refractivity contribution in [2.24, 2.45) is 0 Å². The van der Waals surface area contributed by atoms with E-state index in [0.717, 1.165) is 28.6 Å². The molecular weight excluding hydrogens is 500 g/mol. The molecule has 196 valence electrons. The maximum atomic E-state index is 6.35. The molecule has 0 spiro atoms. The van der Waals surface area contributed by atoms with Crippen LogP contribution in [0.4, 0.5) is 17.1 Å². The van der Waals surface area contributed by atoms with Gasteiger partial charge in [-0.3, -0.25) is 0 Å². The lowest BCUT2D eigenvalue weighted by Crippen LogP contribution is -2.16. The van der Waals surface area contributed by atoms with Crippen LogP contribution in [-0.4, -0.2) is 4.57 Å². The second kappa shape index (κ2) is 9.14. The lowest BCUT2D eigenvalue weighted by atomic mass is 10.0. The van der Waals surface area contributed by atoms with Crippen LogP contribution in [0.25, 0.3) is 38.6 Å². The molecule has 0 fully saturated rings. The fraction of sp³-hybridized carbons (Fsp3) is 0.0526. The molecule has 0 bridgehead atoms. The van der Waals surface area contributed by atoms with Crippen LogP contribution in [0.1, 0.15) is 11.1 Å². The monoisotopic (exact) mass is 528 g/mol. The van der Waals surface area contributed by atoms with Gasteiger partial charge in [-0.15, -0.1) is 0 Å². The lowest BCUT2D eigenvalue weighted by molar-refractivity contribution is 0.476. The van der Waals surface area contributed by atoms with Crippen molar-refractivity contribution in [1.82, 2.24) is 4.57 Å². The summed E-state index contributed by atoms with van der Waals surface area (Å²) in [6.07, 6.45) is 0. The summed E-state index contributed by atoms with van der Waals surface area (Å²) < 4.78 is 8.71. The molecule has 8 rings (SSSR count). The largest absolute Gasteiger partial charge is 0.453 e. The highest BCUT2D eigenvalue weighted by atomic mass is 16.5. The molecule has 0 aliphatic carbocycles. The summed E-state index contributed by atoms with van der Waals surface area (Å²) in [5, 5.41) is 2.52. The Balaban J connectivity index is 1.23. The molecule has 1 aliphatic heterocycles. The maximum absolute atomic E-state index is 6.35. The van der Waals surface area contributed by atoms with Crippen LogP contribution in [0.3, 0.4) is 0 Å². The van der Waals surface area contributed by atoms with Crippen LogP contribution in [0.15, 0.2) is 133 Å². The number of aryl methyl sites for hydroxylation is 2. The molecule has 0 amide bonds. The van der Waals surface area contributed by atoms with Gasteiger partial charge in [0.25, 0.3) is 0 Å². The standard InChI is InChI=1S/C38H28N2O/c1-25-12-19-35-37(22-25)41-38-23-26(2)13-20-36(38)40(35)30-17-14-27(15-18-30)28-16-21-34-32(24-28)31-10-6-7-11-33(31)39(34)29-8-4-3-5-9-29/h3-24H,1-2H3. The van der Waals surface area contributed by atoms with Gasteiger partial charge in [0.1, 0.15) is 0 Å². The Kier molecular flexibility index (Phi) is 5.26. The molecule has 3 nitrogen and oxygen atoms in total. The number of fused-ring (bicyclic) bond motifs is 5. The highest BCUT2D eigenvalue weighted by molar-refractivity contribution is 6.10. The summed E-state index contributed by atoms with van der Waals surface area (Å²) in [6.45, 7) is 4.20. The highest BCUT2D eigenvalue weighted by Gasteiger charge is 2.26. The first kappa shape index (κ1) is 23.6. The number of hydrogen-bond acceptors (Lipinski definition) is 2. The van der Waals surface area contributed by atoms with Crippen LogP contribution in [0, 0.1) is 13.8 Å². The smallest absolute Gasteiger partial charge is 0.151 e. The molecule has 41 heavy (non-hydrogen) atoms. The molecule has 0 saturated carbocycles. The summed E-state index contributed by atoms with van der Waals surface area (Å²) >= 11 is 0. The molecule has 0 radical (unpaired) electrons. The molecule has 0 saturated heterocycles. The Hall–Kier alpha value is -5.28. The van der Waals surface area contributed by atoms with Crippen molar-refractivity contribution >= 4 is 38.9 Å². The van der Waals surface area contributed by atoms with E-state index in [9.17, 15) is 0 Å². The van der Waals surface area contributed by atoms with Gasteiger partial charge in [0.15, 0.2) is 11.5 Å². The van der Waals surface area contributed by atoms with E-state index in [1.54, 1.807) is 0 Å². The molecule has 6 aromatic carbocycles. The Labute approximate surface area is 239 Å². The number of ether oxygens (including phenoxy) is 1. The quantitative estimate of drug-likeness (QED) is 0.227. The maximum Gasteiger partial charge on any atom is 0.151 e. The molecule has 1 aromatic heterocycles. The van der Waals surface area contributed by atoms with E-state index >= 15 is 0 Å². The molecule has 2 heterocycles. The zero-order valence-electron chi connectivity index (χ0n) is 23.0. The molecule has 1 aliphatic rings. The minimum absolute atomic E-state index is 0.882. The molecule has 0 atom stereocenters. The molecule has 0 N–H and O–H groups in total. The van der Waals surface area contributed by atoms with E-state index < -0.39 is 0 Å². The Morgan fingerprint density at radius 1 is 0.463 bits per heavy atom. The third-order valence-corrected chi connectivity index (χ3v) is 8.08. The zero-order chi connectivity index (χ0) is 27.5. The summed E-state index contributed by atoms with van der Waals surface area (Å²) in [4.78, 5) is 2.30. The van der Waals surface area contributed by atoms with E-state index in [4.69, 9.17) is 4.74 Å². The Morgan fingerprint density at radius 3 is 1.78 bits per heavy atom. The minimum atomic E-state index is 0.882. The van der Waals surface area contributed by atoms with E-state index in [-0.39, 0.29) is 0 Å². The highest BCUT2D eigenvalue weighted by Crippen LogP contribution is 2.51. The van der Waals surface area contributed by atoms with Crippen LogP contribution >= 0.6 is 0 Å². The number of aromatic nitrogens is 1. The van der Waals surface area contributed by atoms with Crippen LogP contribution in [0.2, 0.25) is 0 Å². The normalized spacial score (nSPS) is 12.3. The molecule has 3 heteroatoms. The third kappa shape index (κ3) is 3.81. The summed E-state index contributed by atoms with van der Waals surface area (Å²) in [5.74, 6) is 1.76. The Bertz CT molecular complexity index is 2040. The fourth-order valence-corrected chi connectivity index (χ4v) is 6.11. The number of para-hydroxylation sites is 2.